The molecule has 2 amide bonds. The first-order valence-corrected chi connectivity index (χ1v) is 9.77. The number of aryl methyl sites for hydroxylation is 1. The molecule has 0 spiro atoms. The molecule has 0 saturated carbocycles. The molecule has 2 N–H and O–H groups in total. The third-order valence-electron chi connectivity index (χ3n) is 5.37. The number of hydrogen-bond donors (Lipinski definition) is 2. The summed E-state index contributed by atoms with van der Waals surface area (Å²) in [6.45, 7) is 7.24. The van der Waals surface area contributed by atoms with Crippen LogP contribution in [0.25, 0.3) is 0 Å². The van der Waals surface area contributed by atoms with Gasteiger partial charge < -0.3 is 15.5 Å². The van der Waals surface area contributed by atoms with E-state index in [1.165, 1.54) is 0 Å². The highest BCUT2D eigenvalue weighted by atomic mass is 35.5. The summed E-state index contributed by atoms with van der Waals surface area (Å²) < 4.78 is 0. The third-order valence-corrected chi connectivity index (χ3v) is 5.37. The number of benzene rings is 1. The van der Waals surface area contributed by atoms with Crippen molar-refractivity contribution >= 4 is 42.3 Å². The van der Waals surface area contributed by atoms with E-state index in [-0.39, 0.29) is 42.5 Å². The summed E-state index contributed by atoms with van der Waals surface area (Å²) in [5, 5.41) is 6.34. The van der Waals surface area contributed by atoms with Crippen LogP contribution >= 0.6 is 24.8 Å². The molecule has 2 aliphatic heterocycles. The van der Waals surface area contributed by atoms with E-state index in [0.717, 1.165) is 56.7 Å². The number of piperazine rings is 1. The molecule has 158 valence electrons. The molecule has 2 fully saturated rings. The quantitative estimate of drug-likeness (QED) is 0.750. The van der Waals surface area contributed by atoms with Crippen molar-refractivity contribution in [3.8, 4) is 0 Å². The lowest BCUT2D eigenvalue weighted by Crippen LogP contribution is -2.53. The predicted molar refractivity (Wildman–Crippen MR) is 118 cm³/mol. The number of hydrogen-bond acceptors (Lipinski definition) is 4. The van der Waals surface area contributed by atoms with Crippen LogP contribution in [-0.2, 0) is 16.0 Å². The summed E-state index contributed by atoms with van der Waals surface area (Å²) >= 11 is 0. The Morgan fingerprint density at radius 3 is 2.50 bits per heavy atom. The van der Waals surface area contributed by atoms with Crippen molar-refractivity contribution in [1.82, 2.24) is 15.1 Å². The molecule has 0 aromatic heterocycles. The number of carbonyl (C=O) groups is 2. The minimum Gasteiger partial charge on any atom is -0.340 e. The number of carbonyl (C=O) groups excluding carboxylic acids is 2. The van der Waals surface area contributed by atoms with Crippen LogP contribution in [0.2, 0.25) is 0 Å². The van der Waals surface area contributed by atoms with Crippen molar-refractivity contribution < 1.29 is 9.59 Å². The Morgan fingerprint density at radius 1 is 1.14 bits per heavy atom. The highest BCUT2D eigenvalue weighted by molar-refractivity contribution is 5.93. The van der Waals surface area contributed by atoms with Crippen LogP contribution in [0.1, 0.15) is 25.3 Å². The molecule has 1 unspecified atom stereocenters. The Morgan fingerprint density at radius 2 is 1.86 bits per heavy atom. The van der Waals surface area contributed by atoms with Gasteiger partial charge in [0.1, 0.15) is 0 Å². The number of amides is 2. The van der Waals surface area contributed by atoms with E-state index in [1.54, 1.807) is 0 Å². The molecule has 2 heterocycles. The predicted octanol–water partition coefficient (Wildman–Crippen LogP) is 2.17. The zero-order chi connectivity index (χ0) is 18.4. The molecule has 2 aliphatic rings. The molecule has 1 aromatic rings. The Labute approximate surface area is 180 Å². The van der Waals surface area contributed by atoms with E-state index in [4.69, 9.17) is 0 Å². The highest BCUT2D eigenvalue weighted by Crippen LogP contribution is 2.17. The van der Waals surface area contributed by atoms with E-state index >= 15 is 0 Å². The van der Waals surface area contributed by atoms with Gasteiger partial charge in [0.25, 0.3) is 0 Å². The van der Waals surface area contributed by atoms with E-state index in [9.17, 15) is 9.59 Å². The fourth-order valence-electron chi connectivity index (χ4n) is 3.79. The zero-order valence-corrected chi connectivity index (χ0v) is 18.1. The largest absolute Gasteiger partial charge is 0.340 e. The average Bonchev–Trinajstić information content (AvgIpc) is 2.69. The summed E-state index contributed by atoms with van der Waals surface area (Å²) in [4.78, 5) is 29.1. The summed E-state index contributed by atoms with van der Waals surface area (Å²) in [6.07, 6.45) is 2.97. The fraction of sp³-hybridized carbons (Fsp3) is 0.600. The molecular weight excluding hydrogens is 399 g/mol. The second-order valence-corrected chi connectivity index (χ2v) is 7.20. The van der Waals surface area contributed by atoms with Crippen molar-refractivity contribution in [1.29, 1.82) is 0 Å². The Balaban J connectivity index is 0.00000196. The van der Waals surface area contributed by atoms with Gasteiger partial charge in [-0.1, -0.05) is 25.1 Å². The molecule has 2 saturated heterocycles. The molecule has 28 heavy (non-hydrogen) atoms. The van der Waals surface area contributed by atoms with Gasteiger partial charge in [0, 0.05) is 38.4 Å². The lowest BCUT2D eigenvalue weighted by atomic mass is 9.98. The maximum atomic E-state index is 12.6. The molecule has 6 nitrogen and oxygen atoms in total. The molecule has 1 atom stereocenters. The number of piperidine rings is 1. The van der Waals surface area contributed by atoms with E-state index < -0.39 is 0 Å². The van der Waals surface area contributed by atoms with Gasteiger partial charge in [-0.2, -0.15) is 0 Å². The summed E-state index contributed by atoms with van der Waals surface area (Å²) in [5.74, 6) is 0.421. The fourth-order valence-corrected chi connectivity index (χ4v) is 3.79. The van der Waals surface area contributed by atoms with E-state index in [0.29, 0.717) is 19.6 Å². The Kier molecular flexibility index (Phi) is 10.8. The van der Waals surface area contributed by atoms with Crippen molar-refractivity contribution in [2.24, 2.45) is 5.92 Å². The van der Waals surface area contributed by atoms with Gasteiger partial charge in [-0.05, 0) is 37.4 Å². The van der Waals surface area contributed by atoms with Gasteiger partial charge in [-0.15, -0.1) is 24.8 Å². The number of para-hydroxylation sites is 1. The first kappa shape index (κ1) is 24.7. The van der Waals surface area contributed by atoms with Crippen molar-refractivity contribution in [3.63, 3.8) is 0 Å². The number of rotatable bonds is 5. The monoisotopic (exact) mass is 430 g/mol. The lowest BCUT2D eigenvalue weighted by molar-refractivity contribution is -0.137. The number of anilines is 1. The van der Waals surface area contributed by atoms with Gasteiger partial charge in [-0.25, -0.2) is 0 Å². The molecule has 1 aromatic carbocycles. The van der Waals surface area contributed by atoms with Crippen molar-refractivity contribution in [2.75, 3.05) is 51.1 Å². The maximum absolute atomic E-state index is 12.6. The molecule has 0 radical (unpaired) electrons. The van der Waals surface area contributed by atoms with Crippen LogP contribution in [-0.4, -0.2) is 67.4 Å². The van der Waals surface area contributed by atoms with E-state index in [1.807, 2.05) is 29.2 Å². The summed E-state index contributed by atoms with van der Waals surface area (Å²) in [7, 11) is 0. The summed E-state index contributed by atoms with van der Waals surface area (Å²) in [5.41, 5.74) is 2.05. The van der Waals surface area contributed by atoms with Gasteiger partial charge >= 0.3 is 0 Å². The summed E-state index contributed by atoms with van der Waals surface area (Å²) in [6, 6.07) is 7.93. The molecule has 0 aliphatic carbocycles. The number of nitrogens with zero attached hydrogens (tertiary/aromatic N) is 2. The lowest BCUT2D eigenvalue weighted by Gasteiger charge is -2.37. The third kappa shape index (κ3) is 6.62. The molecule has 0 bridgehead atoms. The molecule has 8 heteroatoms. The minimum atomic E-state index is 0. The van der Waals surface area contributed by atoms with Crippen LogP contribution in [0, 0.1) is 5.92 Å². The normalized spacial score (nSPS) is 19.9. The van der Waals surface area contributed by atoms with Crippen molar-refractivity contribution in [2.45, 2.75) is 26.2 Å². The van der Waals surface area contributed by atoms with Gasteiger partial charge in [0.15, 0.2) is 0 Å². The topological polar surface area (TPSA) is 64.7 Å². The second-order valence-electron chi connectivity index (χ2n) is 7.20. The van der Waals surface area contributed by atoms with Crippen LogP contribution in [0.5, 0.6) is 0 Å². The van der Waals surface area contributed by atoms with E-state index in [2.05, 4.69) is 22.5 Å². The van der Waals surface area contributed by atoms with Crippen molar-refractivity contribution in [3.05, 3.63) is 29.8 Å². The standard InChI is InChI=1S/C20H30N4O2.2ClH/c1-2-16-6-3-4-8-18(16)22-19(25)15-23-10-12-24(13-11-23)20(26)17-7-5-9-21-14-17;;/h3-4,6,8,17,21H,2,5,7,9-15H2,1H3,(H,22,25);2*1H. The van der Waals surface area contributed by atoms with Gasteiger partial charge in [0.2, 0.25) is 11.8 Å². The van der Waals surface area contributed by atoms with Crippen LogP contribution in [0.3, 0.4) is 0 Å². The SMILES string of the molecule is CCc1ccccc1NC(=O)CN1CCN(C(=O)C2CCCNC2)CC1.Cl.Cl. The second kappa shape index (κ2) is 12.3. The van der Waals surface area contributed by atoms with Crippen LogP contribution in [0.4, 0.5) is 5.69 Å². The van der Waals surface area contributed by atoms with Crippen LogP contribution < -0.4 is 10.6 Å². The zero-order valence-electron chi connectivity index (χ0n) is 16.5. The number of nitrogens with one attached hydrogen (secondary N) is 2. The molecular formula is C20H32Cl2N4O2. The molecule has 3 rings (SSSR count). The first-order valence-electron chi connectivity index (χ1n) is 9.77. The van der Waals surface area contributed by atoms with Crippen LogP contribution in [0.15, 0.2) is 24.3 Å². The van der Waals surface area contributed by atoms with Gasteiger partial charge in [0.05, 0.1) is 12.5 Å². The Bertz CT molecular complexity index is 630. The maximum Gasteiger partial charge on any atom is 0.238 e. The average molecular weight is 431 g/mol. The first-order chi connectivity index (χ1) is 12.7. The highest BCUT2D eigenvalue weighted by Gasteiger charge is 2.28. The minimum absolute atomic E-state index is 0. The van der Waals surface area contributed by atoms with Gasteiger partial charge in [-0.3, -0.25) is 14.5 Å². The number of halogens is 2. The smallest absolute Gasteiger partial charge is 0.238 e. The Hall–Kier alpha value is -1.34.